The van der Waals surface area contributed by atoms with Gasteiger partial charge in [-0.1, -0.05) is 6.92 Å². The van der Waals surface area contributed by atoms with Crippen LogP contribution < -0.4 is 5.32 Å². The van der Waals surface area contributed by atoms with E-state index in [1.807, 2.05) is 6.07 Å². The highest BCUT2D eigenvalue weighted by molar-refractivity contribution is 5.95. The van der Waals surface area contributed by atoms with E-state index in [1.165, 1.54) is 6.92 Å². The van der Waals surface area contributed by atoms with E-state index >= 15 is 0 Å². The van der Waals surface area contributed by atoms with E-state index in [4.69, 9.17) is 5.26 Å². The molecule has 1 aromatic rings. The van der Waals surface area contributed by atoms with Gasteiger partial charge < -0.3 is 5.32 Å². The summed E-state index contributed by atoms with van der Waals surface area (Å²) in [5.74, 6) is -1.66. The Morgan fingerprint density at radius 3 is 2.74 bits per heavy atom. The number of carbonyl (C=O) groups excluding carboxylic acids is 1. The van der Waals surface area contributed by atoms with Crippen molar-refractivity contribution in [2.24, 2.45) is 0 Å². The SMILES string of the molecule is CCC(C#N)NC(=O)c1cc([N+](=O)[O-])cc(C)c1F. The Hall–Kier alpha value is -2.49. The zero-order chi connectivity index (χ0) is 14.6. The molecule has 7 heteroatoms. The van der Waals surface area contributed by atoms with Crippen LogP contribution in [0.4, 0.5) is 10.1 Å². The maximum absolute atomic E-state index is 13.8. The molecule has 1 aromatic carbocycles. The third kappa shape index (κ3) is 3.25. The summed E-state index contributed by atoms with van der Waals surface area (Å²) in [6.07, 6.45) is 0.359. The minimum atomic E-state index is -0.835. The number of aryl methyl sites for hydroxylation is 1. The van der Waals surface area contributed by atoms with E-state index in [9.17, 15) is 19.3 Å². The van der Waals surface area contributed by atoms with Crippen molar-refractivity contribution in [1.82, 2.24) is 5.32 Å². The molecule has 0 radical (unpaired) electrons. The van der Waals surface area contributed by atoms with Gasteiger partial charge in [0.1, 0.15) is 11.9 Å². The molecular formula is C12H12FN3O3. The van der Waals surface area contributed by atoms with Crippen LogP contribution in [0, 0.1) is 34.2 Å². The summed E-state index contributed by atoms with van der Waals surface area (Å²) in [5, 5.41) is 21.7. The first-order valence-electron chi connectivity index (χ1n) is 5.55. The summed E-state index contributed by atoms with van der Waals surface area (Å²) in [6.45, 7) is 3.02. The average Bonchev–Trinajstić information content (AvgIpc) is 2.38. The van der Waals surface area contributed by atoms with Crippen molar-refractivity contribution in [3.63, 3.8) is 0 Å². The topological polar surface area (TPSA) is 96.0 Å². The zero-order valence-electron chi connectivity index (χ0n) is 10.4. The number of nitro groups is 1. The highest BCUT2D eigenvalue weighted by Gasteiger charge is 2.21. The molecule has 0 aliphatic carbocycles. The fraction of sp³-hybridized carbons (Fsp3) is 0.333. The molecule has 6 nitrogen and oxygen atoms in total. The van der Waals surface area contributed by atoms with Gasteiger partial charge in [0.05, 0.1) is 16.6 Å². The average molecular weight is 265 g/mol. The van der Waals surface area contributed by atoms with Gasteiger partial charge in [-0.3, -0.25) is 14.9 Å². The number of nitrogens with one attached hydrogen (secondary N) is 1. The summed E-state index contributed by atoms with van der Waals surface area (Å²) >= 11 is 0. The number of rotatable bonds is 4. The van der Waals surface area contributed by atoms with Crippen LogP contribution in [0.1, 0.15) is 29.3 Å². The van der Waals surface area contributed by atoms with Crippen LogP contribution >= 0.6 is 0 Å². The highest BCUT2D eigenvalue weighted by atomic mass is 19.1. The van der Waals surface area contributed by atoms with Crippen LogP contribution in [0.15, 0.2) is 12.1 Å². The largest absolute Gasteiger partial charge is 0.336 e. The van der Waals surface area contributed by atoms with Gasteiger partial charge >= 0.3 is 0 Å². The maximum atomic E-state index is 13.8. The number of hydrogen-bond donors (Lipinski definition) is 1. The maximum Gasteiger partial charge on any atom is 0.270 e. The van der Waals surface area contributed by atoms with E-state index in [0.29, 0.717) is 6.42 Å². The van der Waals surface area contributed by atoms with Crippen LogP contribution in [-0.2, 0) is 0 Å². The molecule has 1 rings (SSSR count). The summed E-state index contributed by atoms with van der Waals surface area (Å²) in [7, 11) is 0. The summed E-state index contributed by atoms with van der Waals surface area (Å²) in [4.78, 5) is 21.8. The fourth-order valence-corrected chi connectivity index (χ4v) is 1.48. The molecule has 0 bridgehead atoms. The molecule has 1 N–H and O–H groups in total. The van der Waals surface area contributed by atoms with Crippen LogP contribution in [0.25, 0.3) is 0 Å². The number of non-ortho nitro benzene ring substituents is 1. The van der Waals surface area contributed by atoms with E-state index in [-0.39, 0.29) is 11.3 Å². The first-order valence-corrected chi connectivity index (χ1v) is 5.55. The van der Waals surface area contributed by atoms with Crippen molar-refractivity contribution in [3.8, 4) is 6.07 Å². The van der Waals surface area contributed by atoms with E-state index in [0.717, 1.165) is 12.1 Å². The van der Waals surface area contributed by atoms with Gasteiger partial charge in [0.25, 0.3) is 11.6 Å². The number of nitriles is 1. The second kappa shape index (κ2) is 5.91. The molecule has 0 saturated carbocycles. The zero-order valence-corrected chi connectivity index (χ0v) is 10.4. The third-order valence-electron chi connectivity index (χ3n) is 2.56. The summed E-state index contributed by atoms with van der Waals surface area (Å²) < 4.78 is 13.8. The van der Waals surface area contributed by atoms with E-state index in [1.54, 1.807) is 6.92 Å². The Bertz CT molecular complexity index is 566. The molecule has 0 heterocycles. The van der Waals surface area contributed by atoms with Crippen molar-refractivity contribution < 1.29 is 14.1 Å². The molecule has 0 fully saturated rings. The number of benzene rings is 1. The molecule has 1 unspecified atom stereocenters. The Balaban J connectivity index is 3.16. The quantitative estimate of drug-likeness (QED) is 0.665. The Labute approximate surface area is 109 Å². The molecule has 19 heavy (non-hydrogen) atoms. The predicted octanol–water partition coefficient (Wildman–Crippen LogP) is 2.07. The third-order valence-corrected chi connectivity index (χ3v) is 2.56. The van der Waals surface area contributed by atoms with E-state index in [2.05, 4.69) is 5.32 Å². The summed E-state index contributed by atoms with van der Waals surface area (Å²) in [5.41, 5.74) is -0.793. The predicted molar refractivity (Wildman–Crippen MR) is 64.9 cm³/mol. The number of amides is 1. The number of halogens is 1. The number of nitro benzene ring substituents is 1. The first kappa shape index (κ1) is 14.6. The lowest BCUT2D eigenvalue weighted by atomic mass is 10.1. The summed E-state index contributed by atoms with van der Waals surface area (Å²) in [6, 6.07) is 2.99. The Morgan fingerprint density at radius 2 is 2.26 bits per heavy atom. The molecule has 0 aromatic heterocycles. The second-order valence-electron chi connectivity index (χ2n) is 3.94. The second-order valence-corrected chi connectivity index (χ2v) is 3.94. The van der Waals surface area contributed by atoms with E-state index < -0.39 is 28.3 Å². The lowest BCUT2D eigenvalue weighted by Crippen LogP contribution is -2.33. The van der Waals surface area contributed by atoms with Gasteiger partial charge in [-0.2, -0.15) is 5.26 Å². The molecule has 100 valence electrons. The number of nitrogens with zero attached hydrogens (tertiary/aromatic N) is 2. The van der Waals surface area contributed by atoms with Gasteiger partial charge in [0, 0.05) is 12.1 Å². The van der Waals surface area contributed by atoms with Crippen LogP contribution in [0.5, 0.6) is 0 Å². The molecule has 1 atom stereocenters. The Morgan fingerprint density at radius 1 is 1.63 bits per heavy atom. The number of carbonyl (C=O) groups is 1. The van der Waals surface area contributed by atoms with Crippen molar-refractivity contribution in [1.29, 1.82) is 5.26 Å². The van der Waals surface area contributed by atoms with Gasteiger partial charge in [-0.05, 0) is 18.9 Å². The van der Waals surface area contributed by atoms with Crippen molar-refractivity contribution in [2.45, 2.75) is 26.3 Å². The normalized spacial score (nSPS) is 11.5. The standard InChI is InChI=1S/C12H12FN3O3/c1-3-8(6-14)15-12(17)10-5-9(16(18)19)4-7(2)11(10)13/h4-5,8H,3H2,1-2H3,(H,15,17). The lowest BCUT2D eigenvalue weighted by molar-refractivity contribution is -0.385. The van der Waals surface area contributed by atoms with Gasteiger partial charge in [-0.15, -0.1) is 0 Å². The smallest absolute Gasteiger partial charge is 0.270 e. The molecule has 0 aliphatic rings. The first-order chi connectivity index (χ1) is 8.90. The van der Waals surface area contributed by atoms with Crippen LogP contribution in [-0.4, -0.2) is 16.9 Å². The van der Waals surface area contributed by atoms with Gasteiger partial charge in [-0.25, -0.2) is 4.39 Å². The fourth-order valence-electron chi connectivity index (χ4n) is 1.48. The van der Waals surface area contributed by atoms with Crippen LogP contribution in [0.2, 0.25) is 0 Å². The molecular weight excluding hydrogens is 253 g/mol. The molecule has 0 saturated heterocycles. The minimum Gasteiger partial charge on any atom is -0.336 e. The van der Waals surface area contributed by atoms with Gasteiger partial charge in [0.15, 0.2) is 0 Å². The molecule has 0 spiro atoms. The lowest BCUT2D eigenvalue weighted by Gasteiger charge is -2.10. The Kier molecular flexibility index (Phi) is 4.53. The van der Waals surface area contributed by atoms with Crippen molar-refractivity contribution >= 4 is 11.6 Å². The monoisotopic (exact) mass is 265 g/mol. The van der Waals surface area contributed by atoms with Crippen molar-refractivity contribution in [2.75, 3.05) is 0 Å². The van der Waals surface area contributed by atoms with Crippen LogP contribution in [0.3, 0.4) is 0 Å². The highest BCUT2D eigenvalue weighted by Crippen LogP contribution is 2.21. The van der Waals surface area contributed by atoms with Gasteiger partial charge in [0.2, 0.25) is 0 Å². The minimum absolute atomic E-state index is 0.00403. The molecule has 0 aliphatic heterocycles. The van der Waals surface area contributed by atoms with Crippen molar-refractivity contribution in [3.05, 3.63) is 39.2 Å². The molecule has 1 amide bonds. The number of hydrogen-bond acceptors (Lipinski definition) is 4.